The van der Waals surface area contributed by atoms with Gasteiger partial charge in [0, 0.05) is 13.2 Å². The van der Waals surface area contributed by atoms with E-state index in [1.807, 2.05) is 0 Å². The van der Waals surface area contributed by atoms with Crippen molar-refractivity contribution in [3.8, 4) is 0 Å². The highest BCUT2D eigenvalue weighted by atomic mass is 31.2. The summed E-state index contributed by atoms with van der Waals surface area (Å²) in [7, 11) is -4.30. The molecule has 2 N–H and O–H groups in total. The van der Waals surface area contributed by atoms with Gasteiger partial charge in [0.1, 0.15) is 0 Å². The van der Waals surface area contributed by atoms with Gasteiger partial charge >= 0.3 is 7.82 Å². The third-order valence-electron chi connectivity index (χ3n) is 2.33. The summed E-state index contributed by atoms with van der Waals surface area (Å²) in [5, 5.41) is 0. The lowest BCUT2D eigenvalue weighted by Crippen LogP contribution is -2.01. The van der Waals surface area contributed by atoms with Crippen LogP contribution >= 0.6 is 7.82 Å². The smallest absolute Gasteiger partial charge is 0.381 e. The quantitative estimate of drug-likeness (QED) is 0.420. The van der Waals surface area contributed by atoms with Crippen LogP contribution < -0.4 is 0 Å². The van der Waals surface area contributed by atoms with E-state index in [9.17, 15) is 4.57 Å². The first-order chi connectivity index (χ1) is 8.06. The summed E-state index contributed by atoms with van der Waals surface area (Å²) < 4.78 is 19.9. The van der Waals surface area contributed by atoms with Crippen LogP contribution in [0.25, 0.3) is 0 Å². The van der Waals surface area contributed by atoms with Crippen LogP contribution in [0.3, 0.4) is 0 Å². The van der Waals surface area contributed by atoms with Crippen molar-refractivity contribution < 1.29 is 23.6 Å². The molecule has 0 unspecified atom stereocenters. The number of unbranched alkanes of at least 4 members (excludes halogenated alkanes) is 5. The van der Waals surface area contributed by atoms with Gasteiger partial charge in [0.05, 0.1) is 6.61 Å². The maximum atomic E-state index is 10.3. The van der Waals surface area contributed by atoms with E-state index in [2.05, 4.69) is 11.4 Å². The van der Waals surface area contributed by atoms with E-state index in [0.29, 0.717) is 13.0 Å². The predicted molar refractivity (Wildman–Crippen MR) is 66.8 cm³/mol. The lowest BCUT2D eigenvalue weighted by Gasteiger charge is -2.06. The van der Waals surface area contributed by atoms with E-state index in [1.165, 1.54) is 32.1 Å². The highest BCUT2D eigenvalue weighted by molar-refractivity contribution is 7.46. The molecule has 0 aliphatic carbocycles. The average molecular weight is 268 g/mol. The molecular formula is C11H25O5P. The lowest BCUT2D eigenvalue weighted by molar-refractivity contribution is 0.108. The van der Waals surface area contributed by atoms with E-state index < -0.39 is 7.82 Å². The third kappa shape index (κ3) is 16.1. The summed E-state index contributed by atoms with van der Waals surface area (Å²) in [5.41, 5.74) is 0. The fraction of sp³-hybridized carbons (Fsp3) is 1.00. The van der Waals surface area contributed by atoms with Crippen molar-refractivity contribution in [3.63, 3.8) is 0 Å². The fourth-order valence-corrected chi connectivity index (χ4v) is 1.80. The van der Waals surface area contributed by atoms with Gasteiger partial charge in [-0.15, -0.1) is 0 Å². The molecule has 5 nitrogen and oxygen atoms in total. The maximum absolute atomic E-state index is 10.3. The van der Waals surface area contributed by atoms with Crippen LogP contribution in [0.15, 0.2) is 0 Å². The second kappa shape index (κ2) is 11.2. The molecule has 0 amide bonds. The predicted octanol–water partition coefficient (Wildman–Crippen LogP) is 2.86. The van der Waals surface area contributed by atoms with E-state index >= 15 is 0 Å². The van der Waals surface area contributed by atoms with Crippen molar-refractivity contribution in [3.05, 3.63) is 0 Å². The van der Waals surface area contributed by atoms with Gasteiger partial charge in [-0.2, -0.15) is 0 Å². The van der Waals surface area contributed by atoms with Crippen molar-refractivity contribution in [2.75, 3.05) is 19.8 Å². The minimum absolute atomic E-state index is 0.0424. The average Bonchev–Trinajstić information content (AvgIpc) is 2.24. The number of phosphoric acid groups is 1. The number of rotatable bonds is 12. The molecule has 0 spiro atoms. The second-order valence-electron chi connectivity index (χ2n) is 4.06. The lowest BCUT2D eigenvalue weighted by atomic mass is 10.1. The number of hydrogen-bond acceptors (Lipinski definition) is 3. The van der Waals surface area contributed by atoms with Gasteiger partial charge in [0.25, 0.3) is 0 Å². The van der Waals surface area contributed by atoms with Crippen molar-refractivity contribution in [1.82, 2.24) is 0 Å². The van der Waals surface area contributed by atoms with Crippen LogP contribution in [0.2, 0.25) is 0 Å². The molecule has 0 radical (unpaired) electrons. The highest BCUT2D eigenvalue weighted by Crippen LogP contribution is 2.35. The zero-order valence-electron chi connectivity index (χ0n) is 10.6. The van der Waals surface area contributed by atoms with Crippen LogP contribution in [0.4, 0.5) is 0 Å². The van der Waals surface area contributed by atoms with Crippen molar-refractivity contribution in [2.24, 2.45) is 0 Å². The molecule has 0 aromatic heterocycles. The molecular weight excluding hydrogens is 243 g/mol. The monoisotopic (exact) mass is 268 g/mol. The minimum atomic E-state index is -4.30. The molecule has 0 saturated heterocycles. The first kappa shape index (κ1) is 17.1. The molecule has 6 heteroatoms. The molecule has 0 rings (SSSR count). The third-order valence-corrected chi connectivity index (χ3v) is 2.85. The van der Waals surface area contributed by atoms with Crippen molar-refractivity contribution in [1.29, 1.82) is 0 Å². The zero-order chi connectivity index (χ0) is 13.0. The van der Waals surface area contributed by atoms with Crippen LogP contribution in [0.1, 0.15) is 51.9 Å². The second-order valence-corrected chi connectivity index (χ2v) is 5.30. The molecule has 0 saturated carbocycles. The van der Waals surface area contributed by atoms with E-state index in [-0.39, 0.29) is 6.61 Å². The Labute approximate surface area is 104 Å². The van der Waals surface area contributed by atoms with Gasteiger partial charge in [0.15, 0.2) is 0 Å². The Morgan fingerprint density at radius 1 is 0.882 bits per heavy atom. The summed E-state index contributed by atoms with van der Waals surface area (Å²) in [5.74, 6) is 0. The van der Waals surface area contributed by atoms with Gasteiger partial charge < -0.3 is 14.5 Å². The highest BCUT2D eigenvalue weighted by Gasteiger charge is 2.12. The van der Waals surface area contributed by atoms with Gasteiger partial charge in [-0.25, -0.2) is 4.57 Å². The molecule has 0 aliphatic rings. The molecule has 0 atom stereocenters. The molecule has 104 valence electrons. The van der Waals surface area contributed by atoms with Crippen LogP contribution in [0, 0.1) is 0 Å². The molecule has 0 aliphatic heterocycles. The summed E-state index contributed by atoms with van der Waals surface area (Å²) in [6.07, 6.45) is 7.89. The largest absolute Gasteiger partial charge is 0.469 e. The Bertz CT molecular complexity index is 204. The van der Waals surface area contributed by atoms with Crippen LogP contribution in [-0.2, 0) is 13.8 Å². The number of phosphoric ester groups is 1. The van der Waals surface area contributed by atoms with E-state index in [1.54, 1.807) is 0 Å². The molecule has 17 heavy (non-hydrogen) atoms. The summed E-state index contributed by atoms with van der Waals surface area (Å²) >= 11 is 0. The Hall–Kier alpha value is 0.0700. The minimum Gasteiger partial charge on any atom is -0.381 e. The first-order valence-corrected chi connectivity index (χ1v) is 7.87. The normalized spacial score (nSPS) is 11.9. The topological polar surface area (TPSA) is 76.0 Å². The Balaban J connectivity index is 3.01. The number of ether oxygens (including phenoxy) is 1. The summed E-state index contributed by atoms with van der Waals surface area (Å²) in [6.45, 7) is 3.46. The Kier molecular flexibility index (Phi) is 11.2. The van der Waals surface area contributed by atoms with Gasteiger partial charge in [-0.3, -0.25) is 4.52 Å². The van der Waals surface area contributed by atoms with Gasteiger partial charge in [-0.05, 0) is 12.8 Å². The molecule has 0 fully saturated rings. The molecule has 0 aromatic rings. The SMILES string of the molecule is CCCCCCCCOCCCOP(=O)(O)O. The number of hydrogen-bond donors (Lipinski definition) is 2. The molecule has 0 bridgehead atoms. The standard InChI is InChI=1S/C11H25O5P/c1-2-3-4-5-6-7-9-15-10-8-11-16-17(12,13)14/h2-11H2,1H3,(H2,12,13,14). The molecule has 0 heterocycles. The van der Waals surface area contributed by atoms with Gasteiger partial charge in [-0.1, -0.05) is 39.0 Å². The van der Waals surface area contributed by atoms with Crippen LogP contribution in [-0.4, -0.2) is 29.6 Å². The van der Waals surface area contributed by atoms with E-state index in [4.69, 9.17) is 14.5 Å². The fourth-order valence-electron chi connectivity index (χ4n) is 1.43. The summed E-state index contributed by atoms with van der Waals surface area (Å²) in [4.78, 5) is 16.8. The van der Waals surface area contributed by atoms with Crippen molar-refractivity contribution >= 4 is 7.82 Å². The van der Waals surface area contributed by atoms with E-state index in [0.717, 1.165) is 13.0 Å². The Morgan fingerprint density at radius 3 is 2.12 bits per heavy atom. The van der Waals surface area contributed by atoms with Crippen molar-refractivity contribution in [2.45, 2.75) is 51.9 Å². The first-order valence-electron chi connectivity index (χ1n) is 6.34. The Morgan fingerprint density at radius 2 is 1.47 bits per heavy atom. The zero-order valence-corrected chi connectivity index (χ0v) is 11.5. The maximum Gasteiger partial charge on any atom is 0.469 e. The van der Waals surface area contributed by atoms with Crippen LogP contribution in [0.5, 0.6) is 0 Å². The van der Waals surface area contributed by atoms with Gasteiger partial charge in [0.2, 0.25) is 0 Å². The summed E-state index contributed by atoms with van der Waals surface area (Å²) in [6, 6.07) is 0. The molecule has 0 aromatic carbocycles.